The standard InChI is InChI=1S/C12H10O2S.C2H6O2S/c13-15(14,11-7-3-1-4-8-11)12-9-5-2-6-10-12;1-5(2,3)4/h1-10H;1-2H3. The lowest BCUT2D eigenvalue weighted by molar-refractivity contribution is 0.596. The summed E-state index contributed by atoms with van der Waals surface area (Å²) in [5.74, 6) is 0. The lowest BCUT2D eigenvalue weighted by atomic mass is 10.4. The van der Waals surface area contributed by atoms with Crippen molar-refractivity contribution in [1.82, 2.24) is 0 Å². The van der Waals surface area contributed by atoms with Crippen LogP contribution in [-0.4, -0.2) is 29.3 Å². The Hall–Kier alpha value is -1.66. The summed E-state index contributed by atoms with van der Waals surface area (Å²) < 4.78 is 43.3. The molecule has 0 unspecified atom stereocenters. The molecule has 2 aromatic carbocycles. The molecule has 0 aliphatic carbocycles. The lowest BCUT2D eigenvalue weighted by Crippen LogP contribution is -2.00. The Bertz CT molecular complexity index is 681. The second-order valence-corrected chi connectivity index (χ2v) is 8.51. The SMILES string of the molecule is CS(C)(=O)=O.O=S(=O)(c1ccccc1)c1ccccc1. The Balaban J connectivity index is 0.000000347. The average Bonchev–Trinajstić information content (AvgIpc) is 2.39. The van der Waals surface area contributed by atoms with Crippen molar-refractivity contribution in [3.8, 4) is 0 Å². The summed E-state index contributed by atoms with van der Waals surface area (Å²) in [6, 6.07) is 16.9. The highest BCUT2D eigenvalue weighted by atomic mass is 32.2. The number of rotatable bonds is 2. The van der Waals surface area contributed by atoms with Crippen LogP contribution >= 0.6 is 0 Å². The maximum Gasteiger partial charge on any atom is 0.206 e. The molecular weight excluding hydrogens is 296 g/mol. The Morgan fingerprint density at radius 3 is 1.10 bits per heavy atom. The fraction of sp³-hybridized carbons (Fsp3) is 0.143. The van der Waals surface area contributed by atoms with Gasteiger partial charge in [0.1, 0.15) is 9.84 Å². The monoisotopic (exact) mass is 312 g/mol. The van der Waals surface area contributed by atoms with E-state index in [1.54, 1.807) is 60.7 Å². The van der Waals surface area contributed by atoms with Crippen LogP contribution < -0.4 is 0 Å². The van der Waals surface area contributed by atoms with Gasteiger partial charge in [0, 0.05) is 12.5 Å². The fourth-order valence-electron chi connectivity index (χ4n) is 1.34. The molecule has 0 aliphatic rings. The van der Waals surface area contributed by atoms with Crippen LogP contribution in [0.25, 0.3) is 0 Å². The zero-order valence-electron chi connectivity index (χ0n) is 11.2. The van der Waals surface area contributed by atoms with E-state index in [1.165, 1.54) is 0 Å². The minimum absolute atomic E-state index is 0.330. The van der Waals surface area contributed by atoms with Crippen molar-refractivity contribution in [2.24, 2.45) is 0 Å². The molecule has 4 nitrogen and oxygen atoms in total. The van der Waals surface area contributed by atoms with E-state index in [1.807, 2.05) is 0 Å². The minimum atomic E-state index is -3.34. The Labute approximate surface area is 119 Å². The predicted molar refractivity (Wildman–Crippen MR) is 79.1 cm³/mol. The van der Waals surface area contributed by atoms with Crippen molar-refractivity contribution >= 4 is 19.7 Å². The van der Waals surface area contributed by atoms with E-state index in [2.05, 4.69) is 0 Å². The van der Waals surface area contributed by atoms with Crippen LogP contribution in [0.5, 0.6) is 0 Å². The van der Waals surface area contributed by atoms with Crippen molar-refractivity contribution in [2.45, 2.75) is 9.79 Å². The summed E-state index contributed by atoms with van der Waals surface area (Å²) in [4.78, 5) is 0.660. The summed E-state index contributed by atoms with van der Waals surface area (Å²) in [6.45, 7) is 0. The van der Waals surface area contributed by atoms with Gasteiger partial charge in [0.05, 0.1) is 9.79 Å². The lowest BCUT2D eigenvalue weighted by Gasteiger charge is -2.03. The van der Waals surface area contributed by atoms with Crippen molar-refractivity contribution in [2.75, 3.05) is 12.5 Å². The third-order valence-electron chi connectivity index (χ3n) is 2.11. The van der Waals surface area contributed by atoms with Crippen LogP contribution in [0.1, 0.15) is 0 Å². The van der Waals surface area contributed by atoms with E-state index >= 15 is 0 Å². The van der Waals surface area contributed by atoms with Gasteiger partial charge < -0.3 is 0 Å². The molecule has 108 valence electrons. The van der Waals surface area contributed by atoms with Gasteiger partial charge in [-0.05, 0) is 24.3 Å². The van der Waals surface area contributed by atoms with Crippen molar-refractivity contribution in [3.63, 3.8) is 0 Å². The molecule has 20 heavy (non-hydrogen) atoms. The van der Waals surface area contributed by atoms with Gasteiger partial charge in [-0.25, -0.2) is 16.8 Å². The van der Waals surface area contributed by atoms with Crippen LogP contribution in [0.3, 0.4) is 0 Å². The van der Waals surface area contributed by atoms with Gasteiger partial charge in [-0.15, -0.1) is 0 Å². The largest absolute Gasteiger partial charge is 0.229 e. The van der Waals surface area contributed by atoms with Crippen LogP contribution in [0.2, 0.25) is 0 Å². The number of benzene rings is 2. The molecule has 0 saturated heterocycles. The molecule has 0 fully saturated rings. The molecule has 0 heterocycles. The van der Waals surface area contributed by atoms with Gasteiger partial charge in [-0.1, -0.05) is 36.4 Å². The number of hydrogen-bond donors (Lipinski definition) is 0. The third kappa shape index (κ3) is 5.54. The first-order chi connectivity index (χ1) is 9.21. The van der Waals surface area contributed by atoms with Crippen LogP contribution in [0, 0.1) is 0 Å². The normalized spacial score (nSPS) is 11.3. The van der Waals surface area contributed by atoms with Crippen molar-refractivity contribution in [1.29, 1.82) is 0 Å². The summed E-state index contributed by atoms with van der Waals surface area (Å²) in [7, 11) is -6.01. The molecule has 0 radical (unpaired) electrons. The van der Waals surface area contributed by atoms with Gasteiger partial charge in [-0.3, -0.25) is 0 Å². The first-order valence-electron chi connectivity index (χ1n) is 5.71. The molecule has 0 atom stereocenters. The zero-order chi connectivity index (χ0) is 15.2. The summed E-state index contributed by atoms with van der Waals surface area (Å²) in [5.41, 5.74) is 0. The zero-order valence-corrected chi connectivity index (χ0v) is 12.9. The summed E-state index contributed by atoms with van der Waals surface area (Å²) >= 11 is 0. The highest BCUT2D eigenvalue weighted by Crippen LogP contribution is 2.19. The molecule has 0 amide bonds. The summed E-state index contributed by atoms with van der Waals surface area (Å²) in [6.07, 6.45) is 2.32. The topological polar surface area (TPSA) is 68.3 Å². The molecular formula is C14H16O4S2. The smallest absolute Gasteiger partial charge is 0.206 e. The third-order valence-corrected chi connectivity index (χ3v) is 3.89. The van der Waals surface area contributed by atoms with Crippen LogP contribution in [-0.2, 0) is 19.7 Å². The van der Waals surface area contributed by atoms with Gasteiger partial charge >= 0.3 is 0 Å². The molecule has 0 bridgehead atoms. The van der Waals surface area contributed by atoms with E-state index in [9.17, 15) is 16.8 Å². The van der Waals surface area contributed by atoms with E-state index in [4.69, 9.17) is 0 Å². The van der Waals surface area contributed by atoms with Gasteiger partial charge in [0.25, 0.3) is 0 Å². The minimum Gasteiger partial charge on any atom is -0.229 e. The van der Waals surface area contributed by atoms with E-state index in [-0.39, 0.29) is 0 Å². The van der Waals surface area contributed by atoms with Gasteiger partial charge in [0.15, 0.2) is 0 Å². The highest BCUT2D eigenvalue weighted by molar-refractivity contribution is 7.91. The van der Waals surface area contributed by atoms with Gasteiger partial charge in [0.2, 0.25) is 9.84 Å². The van der Waals surface area contributed by atoms with Gasteiger partial charge in [-0.2, -0.15) is 0 Å². The maximum atomic E-state index is 12.0. The predicted octanol–water partition coefficient (Wildman–Crippen LogP) is 2.18. The summed E-state index contributed by atoms with van der Waals surface area (Å²) in [5, 5.41) is 0. The molecule has 0 N–H and O–H groups in total. The van der Waals surface area contributed by atoms with Crippen molar-refractivity contribution < 1.29 is 16.8 Å². The first-order valence-corrected chi connectivity index (χ1v) is 9.50. The van der Waals surface area contributed by atoms with E-state index < -0.39 is 19.7 Å². The van der Waals surface area contributed by atoms with Crippen LogP contribution in [0.4, 0.5) is 0 Å². The molecule has 0 aromatic heterocycles. The van der Waals surface area contributed by atoms with E-state index in [0.717, 1.165) is 12.5 Å². The highest BCUT2D eigenvalue weighted by Gasteiger charge is 2.15. The average molecular weight is 312 g/mol. The molecule has 0 saturated carbocycles. The molecule has 0 aliphatic heterocycles. The van der Waals surface area contributed by atoms with Crippen LogP contribution in [0.15, 0.2) is 70.5 Å². The van der Waals surface area contributed by atoms with Crippen molar-refractivity contribution in [3.05, 3.63) is 60.7 Å². The second-order valence-electron chi connectivity index (χ2n) is 4.27. The molecule has 6 heteroatoms. The second kappa shape index (κ2) is 6.67. The maximum absolute atomic E-state index is 12.0. The molecule has 2 rings (SSSR count). The number of hydrogen-bond acceptors (Lipinski definition) is 4. The Morgan fingerprint density at radius 1 is 0.600 bits per heavy atom. The first kappa shape index (κ1) is 16.4. The number of sulfone groups is 2. The fourth-order valence-corrected chi connectivity index (χ4v) is 2.64. The molecule has 0 spiro atoms. The Kier molecular flexibility index (Phi) is 5.47. The Morgan fingerprint density at radius 2 is 0.850 bits per heavy atom. The molecule has 2 aromatic rings. The quantitative estimate of drug-likeness (QED) is 0.852. The van der Waals surface area contributed by atoms with E-state index in [0.29, 0.717) is 9.79 Å².